The second-order valence-corrected chi connectivity index (χ2v) is 5.77. The van der Waals surface area contributed by atoms with Gasteiger partial charge in [0.05, 0.1) is 37.6 Å². The lowest BCUT2D eigenvalue weighted by molar-refractivity contribution is -0.144. The van der Waals surface area contributed by atoms with Crippen LogP contribution in [0.3, 0.4) is 0 Å². The topological polar surface area (TPSA) is 140 Å². The van der Waals surface area contributed by atoms with E-state index in [-0.39, 0.29) is 19.3 Å². The van der Waals surface area contributed by atoms with Crippen molar-refractivity contribution in [3.63, 3.8) is 0 Å². The fraction of sp³-hybridized carbons (Fsp3) is 0.750. The Balaban J connectivity index is 4.64. The van der Waals surface area contributed by atoms with E-state index in [0.29, 0.717) is 0 Å². The molecule has 0 amide bonds. The van der Waals surface area contributed by atoms with E-state index in [1.165, 1.54) is 20.8 Å². The monoisotopic (exact) mass is 340 g/mol. The van der Waals surface area contributed by atoms with Gasteiger partial charge in [0.15, 0.2) is 0 Å². The van der Waals surface area contributed by atoms with Crippen molar-refractivity contribution in [1.82, 2.24) is 0 Å². The number of aliphatic hydroxyl groups is 3. The minimum absolute atomic E-state index is 0.374. The molecule has 0 aromatic carbocycles. The van der Waals surface area contributed by atoms with Gasteiger partial charge in [0, 0.05) is 0 Å². The Bertz CT molecular complexity index is 324. The third kappa shape index (κ3) is 11.4. The van der Waals surface area contributed by atoms with Crippen LogP contribution in [0.1, 0.15) is 40.0 Å². The van der Waals surface area contributed by atoms with Crippen LogP contribution >= 0.6 is 8.60 Å². The molecule has 10 heteroatoms. The van der Waals surface area contributed by atoms with Gasteiger partial charge in [-0.1, -0.05) is 0 Å². The van der Waals surface area contributed by atoms with Crippen LogP contribution in [0.4, 0.5) is 0 Å². The SMILES string of the molecule is CC(O)CC(=O)OP(OC(=O)CC(C)O)OC(=O)CC(C)O. The molecule has 0 aromatic heterocycles. The number of carbonyl (C=O) groups excluding carboxylic acids is 3. The average Bonchev–Trinajstić information content (AvgIpc) is 2.23. The number of aliphatic hydroxyl groups excluding tert-OH is 3. The predicted molar refractivity (Wildman–Crippen MR) is 74.1 cm³/mol. The molecule has 0 saturated heterocycles. The van der Waals surface area contributed by atoms with Crippen LogP contribution in [-0.4, -0.2) is 51.5 Å². The normalized spacial score (nSPS) is 16.1. The summed E-state index contributed by atoms with van der Waals surface area (Å²) in [5, 5.41) is 27.2. The lowest BCUT2D eigenvalue weighted by Crippen LogP contribution is -2.17. The average molecular weight is 340 g/mol. The Hall–Kier alpha value is -1.28. The summed E-state index contributed by atoms with van der Waals surface area (Å²) < 4.78 is 14.0. The molecule has 3 atom stereocenters. The molecule has 0 fully saturated rings. The highest BCUT2D eigenvalue weighted by Gasteiger charge is 2.28. The second kappa shape index (κ2) is 10.4. The summed E-state index contributed by atoms with van der Waals surface area (Å²) >= 11 is 0. The lowest BCUT2D eigenvalue weighted by atomic mass is 10.3. The lowest BCUT2D eigenvalue weighted by Gasteiger charge is -2.16. The van der Waals surface area contributed by atoms with E-state index < -0.39 is 44.8 Å². The number of hydrogen-bond acceptors (Lipinski definition) is 9. The first-order chi connectivity index (χ1) is 10.1. The van der Waals surface area contributed by atoms with Crippen LogP contribution in [0, 0.1) is 0 Å². The molecule has 0 saturated carbocycles. The zero-order chi connectivity index (χ0) is 17.3. The Morgan fingerprint density at radius 2 is 0.955 bits per heavy atom. The Morgan fingerprint density at radius 3 is 1.14 bits per heavy atom. The van der Waals surface area contributed by atoms with Gasteiger partial charge < -0.3 is 28.9 Å². The molecule has 0 spiro atoms. The van der Waals surface area contributed by atoms with Gasteiger partial charge in [-0.2, -0.15) is 0 Å². The molecule has 128 valence electrons. The quantitative estimate of drug-likeness (QED) is 0.500. The maximum atomic E-state index is 11.4. The zero-order valence-electron chi connectivity index (χ0n) is 12.6. The molecule has 0 heterocycles. The van der Waals surface area contributed by atoms with E-state index in [0.717, 1.165) is 0 Å². The van der Waals surface area contributed by atoms with Crippen molar-refractivity contribution in [2.24, 2.45) is 0 Å². The summed E-state index contributed by atoms with van der Waals surface area (Å²) in [6.45, 7) is 4.05. The van der Waals surface area contributed by atoms with Crippen LogP contribution in [-0.2, 0) is 28.0 Å². The third-order valence-electron chi connectivity index (χ3n) is 1.92. The van der Waals surface area contributed by atoms with Crippen molar-refractivity contribution in [2.75, 3.05) is 0 Å². The molecule has 0 aromatic rings. The van der Waals surface area contributed by atoms with Crippen molar-refractivity contribution >= 4 is 26.5 Å². The maximum Gasteiger partial charge on any atom is 0.537 e. The predicted octanol–water partition coefficient (Wildman–Crippen LogP) is 0.156. The largest absolute Gasteiger partial charge is 0.537 e. The van der Waals surface area contributed by atoms with E-state index >= 15 is 0 Å². The van der Waals surface area contributed by atoms with Crippen LogP contribution in [0.25, 0.3) is 0 Å². The highest BCUT2D eigenvalue weighted by Crippen LogP contribution is 2.41. The molecule has 22 heavy (non-hydrogen) atoms. The summed E-state index contributed by atoms with van der Waals surface area (Å²) in [6.07, 6.45) is -4.07. The van der Waals surface area contributed by atoms with Crippen LogP contribution in [0.2, 0.25) is 0 Å². The van der Waals surface area contributed by atoms with Crippen molar-refractivity contribution in [3.8, 4) is 0 Å². The molecule has 0 aliphatic rings. The Labute approximate surface area is 129 Å². The Kier molecular flexibility index (Phi) is 9.84. The number of carbonyl (C=O) groups is 3. The van der Waals surface area contributed by atoms with Gasteiger partial charge in [0.2, 0.25) is 0 Å². The first-order valence-corrected chi connectivity index (χ1v) is 7.66. The number of rotatable bonds is 9. The molecule has 3 N–H and O–H groups in total. The fourth-order valence-corrected chi connectivity index (χ4v) is 1.97. The van der Waals surface area contributed by atoms with Crippen LogP contribution < -0.4 is 0 Å². The summed E-state index contributed by atoms with van der Waals surface area (Å²) in [7, 11) is -2.65. The van der Waals surface area contributed by atoms with Crippen molar-refractivity contribution < 1.29 is 43.3 Å². The molecule has 3 unspecified atom stereocenters. The van der Waals surface area contributed by atoms with Gasteiger partial charge in [-0.3, -0.25) is 14.4 Å². The molecular formula is C12H21O9P. The second-order valence-electron chi connectivity index (χ2n) is 4.77. The smallest absolute Gasteiger partial charge is 0.393 e. The van der Waals surface area contributed by atoms with E-state index in [4.69, 9.17) is 15.3 Å². The molecule has 0 rings (SSSR count). The summed E-state index contributed by atoms with van der Waals surface area (Å²) in [4.78, 5) is 34.3. The van der Waals surface area contributed by atoms with E-state index in [9.17, 15) is 14.4 Å². The van der Waals surface area contributed by atoms with Crippen molar-refractivity contribution in [1.29, 1.82) is 0 Å². The van der Waals surface area contributed by atoms with E-state index in [2.05, 4.69) is 13.6 Å². The Morgan fingerprint density at radius 1 is 0.727 bits per heavy atom. The van der Waals surface area contributed by atoms with Gasteiger partial charge in [0.1, 0.15) is 0 Å². The van der Waals surface area contributed by atoms with Crippen LogP contribution in [0.15, 0.2) is 0 Å². The summed E-state index contributed by atoms with van der Waals surface area (Å²) in [5.41, 5.74) is 0. The van der Waals surface area contributed by atoms with Gasteiger partial charge in [0.25, 0.3) is 0 Å². The highest BCUT2D eigenvalue weighted by molar-refractivity contribution is 7.43. The third-order valence-corrected chi connectivity index (χ3v) is 2.97. The summed E-state index contributed by atoms with van der Waals surface area (Å²) in [5.74, 6) is -2.76. The van der Waals surface area contributed by atoms with E-state index in [1.54, 1.807) is 0 Å². The first-order valence-electron chi connectivity index (χ1n) is 6.56. The van der Waals surface area contributed by atoms with Crippen molar-refractivity contribution in [2.45, 2.75) is 58.3 Å². The fourth-order valence-electron chi connectivity index (χ4n) is 1.14. The van der Waals surface area contributed by atoms with Gasteiger partial charge >= 0.3 is 26.5 Å². The van der Waals surface area contributed by atoms with Gasteiger partial charge in [-0.15, -0.1) is 0 Å². The summed E-state index contributed by atoms with van der Waals surface area (Å²) in [6, 6.07) is 0. The molecular weight excluding hydrogens is 319 g/mol. The van der Waals surface area contributed by atoms with Crippen molar-refractivity contribution in [3.05, 3.63) is 0 Å². The molecule has 0 aliphatic carbocycles. The molecule has 0 aliphatic heterocycles. The minimum atomic E-state index is -2.65. The van der Waals surface area contributed by atoms with E-state index in [1.807, 2.05) is 0 Å². The first kappa shape index (κ1) is 20.7. The molecule has 0 radical (unpaired) electrons. The highest BCUT2D eigenvalue weighted by atomic mass is 31.2. The zero-order valence-corrected chi connectivity index (χ0v) is 13.5. The molecule has 0 bridgehead atoms. The minimum Gasteiger partial charge on any atom is -0.393 e. The molecule has 9 nitrogen and oxygen atoms in total. The van der Waals surface area contributed by atoms with Gasteiger partial charge in [-0.05, 0) is 20.8 Å². The maximum absolute atomic E-state index is 11.4. The number of hydrogen-bond donors (Lipinski definition) is 3. The van der Waals surface area contributed by atoms with Gasteiger partial charge in [-0.25, -0.2) is 0 Å². The standard InChI is InChI=1S/C12H21O9P/c1-7(13)4-10(16)19-22(20-11(17)5-8(2)14)21-12(18)6-9(3)15/h7-9,13-15H,4-6H2,1-3H3. The van der Waals surface area contributed by atoms with Crippen LogP contribution in [0.5, 0.6) is 0 Å².